The first kappa shape index (κ1) is 22.6. The maximum absolute atomic E-state index is 11.2. The molecular formula is C18H35N3O3. The molecule has 0 aliphatic heterocycles. The van der Waals surface area contributed by atoms with Crippen LogP contribution in [0.1, 0.15) is 58.3 Å². The normalized spacial score (nSPS) is 11.0. The van der Waals surface area contributed by atoms with Crippen LogP contribution in [0, 0.1) is 0 Å². The molecule has 0 saturated heterocycles. The Hall–Kier alpha value is -1.40. The average Bonchev–Trinajstić information content (AvgIpc) is 2.56. The number of amides is 1. The lowest BCUT2D eigenvalue weighted by atomic mass is 10.1. The van der Waals surface area contributed by atoms with Gasteiger partial charge in [-0.25, -0.2) is 4.79 Å². The molecule has 0 saturated carbocycles. The summed E-state index contributed by atoms with van der Waals surface area (Å²) in [4.78, 5) is 21.4. The Kier molecular flexibility index (Phi) is 16.9. The number of carbonyl (C=O) groups is 2. The van der Waals surface area contributed by atoms with Gasteiger partial charge in [-0.1, -0.05) is 51.9 Å². The molecule has 4 N–H and O–H groups in total. The number of nitrogens with one attached hydrogen (secondary N) is 3. The first-order valence-electron chi connectivity index (χ1n) is 9.27. The zero-order valence-corrected chi connectivity index (χ0v) is 15.1. The molecule has 0 aliphatic rings. The quantitative estimate of drug-likeness (QED) is 0.240. The number of unbranched alkanes of at least 4 members (excludes halogenated alkanes) is 7. The summed E-state index contributed by atoms with van der Waals surface area (Å²) in [5.74, 6) is -1.50. The van der Waals surface area contributed by atoms with E-state index in [1.165, 1.54) is 51.4 Å². The fraction of sp³-hybridized carbons (Fsp3) is 0.778. The van der Waals surface area contributed by atoms with Crippen molar-refractivity contribution in [2.24, 2.45) is 0 Å². The van der Waals surface area contributed by atoms with Gasteiger partial charge in [0.1, 0.15) is 0 Å². The molecule has 0 aromatic rings. The second-order valence-electron chi connectivity index (χ2n) is 5.94. The molecule has 1 amide bonds. The molecule has 6 nitrogen and oxygen atoms in total. The van der Waals surface area contributed by atoms with Gasteiger partial charge in [-0.2, -0.15) is 0 Å². The first-order chi connectivity index (χ1) is 11.7. The summed E-state index contributed by atoms with van der Waals surface area (Å²) in [5.41, 5.74) is 0. The molecule has 0 aromatic carbocycles. The Labute approximate surface area is 146 Å². The summed E-state index contributed by atoms with van der Waals surface area (Å²) in [7, 11) is 0. The van der Waals surface area contributed by atoms with Crippen LogP contribution < -0.4 is 16.0 Å². The zero-order valence-electron chi connectivity index (χ0n) is 15.1. The summed E-state index contributed by atoms with van der Waals surface area (Å²) in [6.07, 6.45) is 12.6. The zero-order chi connectivity index (χ0) is 17.9. The second kappa shape index (κ2) is 17.9. The Bertz CT molecular complexity index is 346. The van der Waals surface area contributed by atoms with Gasteiger partial charge in [0.05, 0.1) is 0 Å². The van der Waals surface area contributed by atoms with Crippen LogP contribution in [0.25, 0.3) is 0 Å². The number of carbonyl (C=O) groups excluding carboxylic acids is 1. The molecule has 0 unspecified atom stereocenters. The van der Waals surface area contributed by atoms with E-state index in [-0.39, 0.29) is 5.91 Å². The molecular weight excluding hydrogens is 306 g/mol. The molecule has 6 heteroatoms. The van der Waals surface area contributed by atoms with E-state index in [9.17, 15) is 9.59 Å². The molecule has 0 heterocycles. The van der Waals surface area contributed by atoms with Crippen molar-refractivity contribution in [3.05, 3.63) is 12.2 Å². The molecule has 0 bridgehead atoms. The monoisotopic (exact) mass is 341 g/mol. The highest BCUT2D eigenvalue weighted by molar-refractivity contribution is 5.93. The topological polar surface area (TPSA) is 90.5 Å². The molecule has 24 heavy (non-hydrogen) atoms. The van der Waals surface area contributed by atoms with Crippen LogP contribution in [0.5, 0.6) is 0 Å². The Morgan fingerprint density at radius 2 is 1.29 bits per heavy atom. The number of carboxylic acid groups (broad SMARTS) is 1. The van der Waals surface area contributed by atoms with Gasteiger partial charge in [-0.3, -0.25) is 4.79 Å². The Morgan fingerprint density at radius 1 is 0.750 bits per heavy atom. The summed E-state index contributed by atoms with van der Waals surface area (Å²) >= 11 is 0. The van der Waals surface area contributed by atoms with E-state index in [1.807, 2.05) is 0 Å². The standard InChI is InChI=1S/C18H35N3O3/c1-2-3-4-5-6-7-8-9-12-19-13-14-20-15-16-21-17(22)10-11-18(23)24/h10-11,19-20H,2-9,12-16H2,1H3,(H,21,22)(H,23,24). The Balaban J connectivity index is 3.15. The predicted molar refractivity (Wildman–Crippen MR) is 98.1 cm³/mol. The summed E-state index contributed by atoms with van der Waals surface area (Å²) in [6.45, 7) is 6.25. The summed E-state index contributed by atoms with van der Waals surface area (Å²) < 4.78 is 0. The number of hydrogen-bond acceptors (Lipinski definition) is 4. The van der Waals surface area contributed by atoms with Crippen molar-refractivity contribution in [2.75, 3.05) is 32.7 Å². The van der Waals surface area contributed by atoms with Crippen LogP contribution in [0.2, 0.25) is 0 Å². The van der Waals surface area contributed by atoms with Crippen molar-refractivity contribution in [2.45, 2.75) is 58.3 Å². The van der Waals surface area contributed by atoms with Crippen LogP contribution in [-0.4, -0.2) is 49.7 Å². The SMILES string of the molecule is CCCCCCCCCCNCCNCCNC(=O)C=CC(=O)O. The van der Waals surface area contributed by atoms with Gasteiger partial charge < -0.3 is 21.1 Å². The van der Waals surface area contributed by atoms with Gasteiger partial charge in [0.15, 0.2) is 0 Å². The fourth-order valence-electron chi connectivity index (χ4n) is 2.29. The van der Waals surface area contributed by atoms with Gasteiger partial charge in [-0.05, 0) is 13.0 Å². The van der Waals surface area contributed by atoms with Crippen molar-refractivity contribution in [1.82, 2.24) is 16.0 Å². The van der Waals surface area contributed by atoms with Crippen LogP contribution in [-0.2, 0) is 9.59 Å². The van der Waals surface area contributed by atoms with E-state index in [2.05, 4.69) is 22.9 Å². The van der Waals surface area contributed by atoms with Crippen molar-refractivity contribution in [3.8, 4) is 0 Å². The minimum atomic E-state index is -1.12. The van der Waals surface area contributed by atoms with Crippen molar-refractivity contribution in [1.29, 1.82) is 0 Å². The molecule has 0 aromatic heterocycles. The molecule has 0 spiro atoms. The lowest BCUT2D eigenvalue weighted by Crippen LogP contribution is -2.34. The van der Waals surface area contributed by atoms with E-state index >= 15 is 0 Å². The number of aliphatic carboxylic acids is 1. The van der Waals surface area contributed by atoms with Gasteiger partial charge in [-0.15, -0.1) is 0 Å². The molecule has 140 valence electrons. The summed E-state index contributed by atoms with van der Waals surface area (Å²) in [6, 6.07) is 0. The molecule has 0 aliphatic carbocycles. The van der Waals surface area contributed by atoms with Crippen molar-refractivity contribution >= 4 is 11.9 Å². The maximum atomic E-state index is 11.2. The van der Waals surface area contributed by atoms with Gasteiger partial charge in [0.2, 0.25) is 5.91 Å². The van der Waals surface area contributed by atoms with E-state index in [0.29, 0.717) is 13.1 Å². The molecule has 0 fully saturated rings. The Morgan fingerprint density at radius 3 is 1.92 bits per heavy atom. The van der Waals surface area contributed by atoms with E-state index < -0.39 is 5.97 Å². The van der Waals surface area contributed by atoms with E-state index in [4.69, 9.17) is 5.11 Å². The predicted octanol–water partition coefficient (Wildman–Crippen LogP) is 2.06. The fourth-order valence-corrected chi connectivity index (χ4v) is 2.29. The summed E-state index contributed by atoms with van der Waals surface area (Å²) in [5, 5.41) is 17.6. The molecule has 0 rings (SSSR count). The third-order valence-electron chi connectivity index (χ3n) is 3.66. The van der Waals surface area contributed by atoms with Crippen LogP contribution in [0.15, 0.2) is 12.2 Å². The number of rotatable bonds is 17. The number of carboxylic acids is 1. The first-order valence-corrected chi connectivity index (χ1v) is 9.27. The van der Waals surface area contributed by atoms with Gasteiger partial charge in [0, 0.05) is 38.3 Å². The van der Waals surface area contributed by atoms with Crippen LogP contribution in [0.4, 0.5) is 0 Å². The lowest BCUT2D eigenvalue weighted by Gasteiger charge is -2.07. The number of hydrogen-bond donors (Lipinski definition) is 4. The highest BCUT2D eigenvalue weighted by atomic mass is 16.4. The van der Waals surface area contributed by atoms with Crippen molar-refractivity contribution < 1.29 is 14.7 Å². The van der Waals surface area contributed by atoms with E-state index in [0.717, 1.165) is 31.8 Å². The second-order valence-corrected chi connectivity index (χ2v) is 5.94. The minimum absolute atomic E-state index is 0.382. The molecule has 0 atom stereocenters. The largest absolute Gasteiger partial charge is 0.478 e. The maximum Gasteiger partial charge on any atom is 0.328 e. The third-order valence-corrected chi connectivity index (χ3v) is 3.66. The highest BCUT2D eigenvalue weighted by Crippen LogP contribution is 2.07. The van der Waals surface area contributed by atoms with E-state index in [1.54, 1.807) is 0 Å². The van der Waals surface area contributed by atoms with Gasteiger partial charge >= 0.3 is 5.97 Å². The third kappa shape index (κ3) is 18.6. The lowest BCUT2D eigenvalue weighted by molar-refractivity contribution is -0.131. The van der Waals surface area contributed by atoms with Crippen LogP contribution >= 0.6 is 0 Å². The average molecular weight is 341 g/mol. The smallest absolute Gasteiger partial charge is 0.328 e. The van der Waals surface area contributed by atoms with Gasteiger partial charge in [0.25, 0.3) is 0 Å². The van der Waals surface area contributed by atoms with Crippen molar-refractivity contribution in [3.63, 3.8) is 0 Å². The molecule has 0 radical (unpaired) electrons. The van der Waals surface area contributed by atoms with Crippen LogP contribution in [0.3, 0.4) is 0 Å². The minimum Gasteiger partial charge on any atom is -0.478 e. The highest BCUT2D eigenvalue weighted by Gasteiger charge is 1.96.